The minimum absolute atomic E-state index is 0.655. The van der Waals surface area contributed by atoms with Gasteiger partial charge in [0, 0.05) is 18.7 Å². The van der Waals surface area contributed by atoms with Gasteiger partial charge in [0.1, 0.15) is 0 Å². The lowest BCUT2D eigenvalue weighted by Crippen LogP contribution is -2.05. The summed E-state index contributed by atoms with van der Waals surface area (Å²) in [5.74, 6) is 2.55. The number of nitrogen functional groups attached to an aromatic ring is 1. The third-order valence-corrected chi connectivity index (χ3v) is 3.34. The summed E-state index contributed by atoms with van der Waals surface area (Å²) < 4.78 is 10.4. The van der Waals surface area contributed by atoms with Crippen LogP contribution in [0.5, 0.6) is 11.5 Å². The maximum absolute atomic E-state index is 5.96. The normalized spacial score (nSPS) is 10.2. The van der Waals surface area contributed by atoms with Gasteiger partial charge in [-0.2, -0.15) is 11.8 Å². The summed E-state index contributed by atoms with van der Waals surface area (Å²) in [6.07, 6.45) is 4.47. The minimum Gasteiger partial charge on any atom is -0.493 e. The lowest BCUT2D eigenvalue weighted by atomic mass is 10.2. The molecule has 1 aromatic carbocycles. The van der Waals surface area contributed by atoms with Crippen LogP contribution in [0, 0.1) is 0 Å². The lowest BCUT2D eigenvalue weighted by Gasteiger charge is -2.14. The summed E-state index contributed by atoms with van der Waals surface area (Å²) in [5, 5.41) is 3.33. The van der Waals surface area contributed by atoms with Gasteiger partial charge in [-0.1, -0.05) is 0 Å². The summed E-state index contributed by atoms with van der Waals surface area (Å²) >= 11 is 1.87. The van der Waals surface area contributed by atoms with Crippen molar-refractivity contribution >= 4 is 23.1 Å². The van der Waals surface area contributed by atoms with E-state index in [1.165, 1.54) is 12.2 Å². The number of methoxy groups -OCH3 is 2. The highest BCUT2D eigenvalue weighted by atomic mass is 32.2. The molecule has 18 heavy (non-hydrogen) atoms. The van der Waals surface area contributed by atoms with Gasteiger partial charge < -0.3 is 20.5 Å². The van der Waals surface area contributed by atoms with Crippen molar-refractivity contribution in [2.45, 2.75) is 12.8 Å². The summed E-state index contributed by atoms with van der Waals surface area (Å²) in [4.78, 5) is 0. The number of nitrogens with one attached hydrogen (secondary N) is 1. The molecule has 0 atom stereocenters. The first kappa shape index (κ1) is 14.8. The van der Waals surface area contributed by atoms with Crippen molar-refractivity contribution in [1.82, 2.24) is 0 Å². The fourth-order valence-corrected chi connectivity index (χ4v) is 2.14. The molecule has 1 aromatic rings. The van der Waals surface area contributed by atoms with Crippen molar-refractivity contribution in [3.05, 3.63) is 12.1 Å². The van der Waals surface area contributed by atoms with Crippen LogP contribution >= 0.6 is 11.8 Å². The summed E-state index contributed by atoms with van der Waals surface area (Å²) in [6.45, 7) is 0.917. The number of hydrogen-bond donors (Lipinski definition) is 2. The van der Waals surface area contributed by atoms with E-state index in [9.17, 15) is 0 Å². The van der Waals surface area contributed by atoms with E-state index in [1.807, 2.05) is 17.8 Å². The molecule has 0 aliphatic heterocycles. The first-order valence-electron chi connectivity index (χ1n) is 5.97. The molecule has 102 valence electrons. The van der Waals surface area contributed by atoms with Crippen LogP contribution in [0.25, 0.3) is 0 Å². The molecule has 4 nitrogen and oxygen atoms in total. The molecule has 0 saturated heterocycles. The van der Waals surface area contributed by atoms with Crippen LogP contribution < -0.4 is 20.5 Å². The standard InChI is InChI=1S/C13H22N2O2S/c1-16-12-8-10(14)11(9-13(12)17-2)15-6-4-5-7-18-3/h8-9,15H,4-7,14H2,1-3H3. The van der Waals surface area contributed by atoms with E-state index in [2.05, 4.69) is 11.6 Å². The van der Waals surface area contributed by atoms with Gasteiger partial charge in [0.2, 0.25) is 0 Å². The van der Waals surface area contributed by atoms with Crippen LogP contribution in [0.2, 0.25) is 0 Å². The molecule has 0 spiro atoms. The maximum Gasteiger partial charge on any atom is 0.162 e. The molecule has 0 aliphatic carbocycles. The quantitative estimate of drug-likeness (QED) is 0.562. The molecule has 0 unspecified atom stereocenters. The first-order valence-corrected chi connectivity index (χ1v) is 7.36. The number of hydrogen-bond acceptors (Lipinski definition) is 5. The highest BCUT2D eigenvalue weighted by Crippen LogP contribution is 2.34. The number of ether oxygens (including phenoxy) is 2. The average molecular weight is 270 g/mol. The van der Waals surface area contributed by atoms with Gasteiger partial charge in [-0.05, 0) is 24.9 Å². The zero-order valence-corrected chi connectivity index (χ0v) is 12.1. The Morgan fingerprint density at radius 3 is 2.44 bits per heavy atom. The van der Waals surface area contributed by atoms with Crippen LogP contribution in [-0.2, 0) is 0 Å². The summed E-state index contributed by atoms with van der Waals surface area (Å²) in [6, 6.07) is 3.66. The molecule has 1 rings (SSSR count). The second-order valence-corrected chi connectivity index (χ2v) is 4.91. The van der Waals surface area contributed by atoms with Crippen LogP contribution in [0.4, 0.5) is 11.4 Å². The van der Waals surface area contributed by atoms with E-state index in [0.717, 1.165) is 18.7 Å². The Bertz CT molecular complexity index is 372. The van der Waals surface area contributed by atoms with Gasteiger partial charge in [0.15, 0.2) is 11.5 Å². The molecule has 3 N–H and O–H groups in total. The largest absolute Gasteiger partial charge is 0.493 e. The molecule has 0 radical (unpaired) electrons. The van der Waals surface area contributed by atoms with Crippen LogP contribution in [-0.4, -0.2) is 32.8 Å². The van der Waals surface area contributed by atoms with E-state index >= 15 is 0 Å². The van der Waals surface area contributed by atoms with Gasteiger partial charge in [-0.25, -0.2) is 0 Å². The maximum atomic E-state index is 5.96. The van der Waals surface area contributed by atoms with Gasteiger partial charge >= 0.3 is 0 Å². The van der Waals surface area contributed by atoms with Gasteiger partial charge in [-0.3, -0.25) is 0 Å². The third-order valence-electron chi connectivity index (χ3n) is 2.65. The minimum atomic E-state index is 0.655. The SMILES string of the molecule is COc1cc(N)c(NCCCCSC)cc1OC. The van der Waals surface area contributed by atoms with E-state index in [4.69, 9.17) is 15.2 Å². The fraction of sp³-hybridized carbons (Fsp3) is 0.538. The molecular weight excluding hydrogens is 248 g/mol. The van der Waals surface area contributed by atoms with Crippen molar-refractivity contribution in [3.63, 3.8) is 0 Å². The molecule has 0 amide bonds. The Balaban J connectivity index is 2.59. The monoisotopic (exact) mass is 270 g/mol. The van der Waals surface area contributed by atoms with Crippen molar-refractivity contribution < 1.29 is 9.47 Å². The number of anilines is 2. The van der Waals surface area contributed by atoms with Crippen molar-refractivity contribution in [1.29, 1.82) is 0 Å². The number of unbranched alkanes of at least 4 members (excludes halogenated alkanes) is 1. The zero-order chi connectivity index (χ0) is 13.4. The molecule has 0 aromatic heterocycles. The van der Waals surface area contributed by atoms with E-state index in [-0.39, 0.29) is 0 Å². The van der Waals surface area contributed by atoms with Crippen LogP contribution in [0.3, 0.4) is 0 Å². The molecule has 5 heteroatoms. The Morgan fingerprint density at radius 1 is 1.17 bits per heavy atom. The van der Waals surface area contributed by atoms with Gasteiger partial charge in [0.05, 0.1) is 25.6 Å². The second-order valence-electron chi connectivity index (χ2n) is 3.92. The Morgan fingerprint density at radius 2 is 1.83 bits per heavy atom. The third kappa shape index (κ3) is 4.22. The predicted molar refractivity (Wildman–Crippen MR) is 80.1 cm³/mol. The second kappa shape index (κ2) is 7.97. The van der Waals surface area contributed by atoms with E-state index < -0.39 is 0 Å². The summed E-state index contributed by atoms with van der Waals surface area (Å²) in [7, 11) is 3.23. The smallest absolute Gasteiger partial charge is 0.162 e. The topological polar surface area (TPSA) is 56.5 Å². The molecule has 0 heterocycles. The molecular formula is C13H22N2O2S. The highest BCUT2D eigenvalue weighted by Gasteiger charge is 2.08. The average Bonchev–Trinajstić information content (AvgIpc) is 2.39. The van der Waals surface area contributed by atoms with E-state index in [0.29, 0.717) is 17.2 Å². The number of rotatable bonds is 8. The Hall–Kier alpha value is -1.23. The lowest BCUT2D eigenvalue weighted by molar-refractivity contribution is 0.355. The van der Waals surface area contributed by atoms with Crippen molar-refractivity contribution in [2.75, 3.05) is 43.8 Å². The predicted octanol–water partition coefficient (Wildman–Crippen LogP) is 2.84. The highest BCUT2D eigenvalue weighted by molar-refractivity contribution is 7.98. The van der Waals surface area contributed by atoms with Crippen molar-refractivity contribution in [3.8, 4) is 11.5 Å². The van der Waals surface area contributed by atoms with Gasteiger partial charge in [-0.15, -0.1) is 0 Å². The Labute approximate surface area is 113 Å². The molecule has 0 aliphatic rings. The molecule has 0 saturated carbocycles. The molecule has 0 fully saturated rings. The zero-order valence-electron chi connectivity index (χ0n) is 11.3. The van der Waals surface area contributed by atoms with E-state index in [1.54, 1.807) is 20.3 Å². The first-order chi connectivity index (χ1) is 8.72. The van der Waals surface area contributed by atoms with Gasteiger partial charge in [0.25, 0.3) is 0 Å². The number of benzene rings is 1. The molecule has 0 bridgehead atoms. The number of thioether (sulfide) groups is 1. The van der Waals surface area contributed by atoms with Crippen LogP contribution in [0.15, 0.2) is 12.1 Å². The number of nitrogens with two attached hydrogens (primary N) is 1. The Kier molecular flexibility index (Phi) is 6.57. The van der Waals surface area contributed by atoms with Crippen molar-refractivity contribution in [2.24, 2.45) is 0 Å². The van der Waals surface area contributed by atoms with Crippen LogP contribution in [0.1, 0.15) is 12.8 Å². The summed E-state index contributed by atoms with van der Waals surface area (Å²) in [5.41, 5.74) is 7.54. The fourth-order valence-electron chi connectivity index (χ4n) is 1.64.